The highest BCUT2D eigenvalue weighted by molar-refractivity contribution is 7.92. The van der Waals surface area contributed by atoms with Crippen LogP contribution in [0.25, 0.3) is 0 Å². The first-order chi connectivity index (χ1) is 14.3. The Bertz CT molecular complexity index is 1210. The SMILES string of the molecule is CN(c1ccccc1CCc1ccnc(Nc2ccc(F)c(C#N)c2)n1)S(C)(=O)=O. The van der Waals surface area contributed by atoms with Crippen LogP contribution in [-0.2, 0) is 22.9 Å². The number of benzene rings is 2. The summed E-state index contributed by atoms with van der Waals surface area (Å²) in [6.07, 6.45) is 3.92. The van der Waals surface area contributed by atoms with Crippen LogP contribution >= 0.6 is 0 Å². The topological polar surface area (TPSA) is 99.0 Å². The van der Waals surface area contributed by atoms with E-state index in [-0.39, 0.29) is 5.56 Å². The van der Waals surface area contributed by atoms with Crippen LogP contribution in [0.2, 0.25) is 0 Å². The smallest absolute Gasteiger partial charge is 0.232 e. The summed E-state index contributed by atoms with van der Waals surface area (Å²) in [5.74, 6) is -0.264. The van der Waals surface area contributed by atoms with E-state index in [4.69, 9.17) is 5.26 Å². The maximum atomic E-state index is 13.5. The number of rotatable bonds is 7. The summed E-state index contributed by atoms with van der Waals surface area (Å²) in [6, 6.07) is 15.0. The first-order valence-electron chi connectivity index (χ1n) is 9.08. The second kappa shape index (κ2) is 8.88. The Balaban J connectivity index is 1.75. The zero-order valence-corrected chi connectivity index (χ0v) is 17.3. The Kier molecular flexibility index (Phi) is 6.28. The van der Waals surface area contributed by atoms with Crippen LogP contribution in [0.15, 0.2) is 54.7 Å². The van der Waals surface area contributed by atoms with Crippen LogP contribution in [0.5, 0.6) is 0 Å². The van der Waals surface area contributed by atoms with E-state index in [1.54, 1.807) is 30.5 Å². The van der Waals surface area contributed by atoms with E-state index in [1.165, 1.54) is 35.8 Å². The molecule has 154 valence electrons. The molecule has 0 saturated heterocycles. The van der Waals surface area contributed by atoms with Gasteiger partial charge in [0.1, 0.15) is 11.9 Å². The van der Waals surface area contributed by atoms with Gasteiger partial charge in [-0.3, -0.25) is 4.31 Å². The summed E-state index contributed by atoms with van der Waals surface area (Å²) in [6.45, 7) is 0. The summed E-state index contributed by atoms with van der Waals surface area (Å²) in [5.41, 5.74) is 2.71. The van der Waals surface area contributed by atoms with Crippen molar-refractivity contribution in [3.63, 3.8) is 0 Å². The number of hydrogen-bond donors (Lipinski definition) is 1. The molecular formula is C21H20FN5O2S. The Hall–Kier alpha value is -3.51. The average Bonchev–Trinajstić information content (AvgIpc) is 2.73. The van der Waals surface area contributed by atoms with E-state index in [1.807, 2.05) is 12.1 Å². The molecule has 1 aromatic heterocycles. The largest absolute Gasteiger partial charge is 0.324 e. The number of nitrogens with zero attached hydrogens (tertiary/aromatic N) is 4. The zero-order chi connectivity index (χ0) is 21.7. The number of para-hydroxylation sites is 1. The van der Waals surface area contributed by atoms with E-state index in [9.17, 15) is 12.8 Å². The highest BCUT2D eigenvalue weighted by Crippen LogP contribution is 2.23. The third-order valence-corrected chi connectivity index (χ3v) is 5.73. The molecule has 0 aliphatic rings. The lowest BCUT2D eigenvalue weighted by molar-refractivity contribution is 0.600. The van der Waals surface area contributed by atoms with Crippen LogP contribution < -0.4 is 9.62 Å². The first kappa shape index (κ1) is 21.2. The number of sulfonamides is 1. The molecule has 1 N–H and O–H groups in total. The molecule has 0 aliphatic heterocycles. The van der Waals surface area contributed by atoms with Crippen molar-refractivity contribution in [3.05, 3.63) is 77.4 Å². The number of aromatic nitrogens is 2. The lowest BCUT2D eigenvalue weighted by Gasteiger charge is -2.20. The summed E-state index contributed by atoms with van der Waals surface area (Å²) >= 11 is 0. The van der Waals surface area contributed by atoms with Crippen LogP contribution in [0.1, 0.15) is 16.8 Å². The van der Waals surface area contributed by atoms with E-state index in [0.717, 1.165) is 11.3 Å². The van der Waals surface area contributed by atoms with Gasteiger partial charge >= 0.3 is 0 Å². The quantitative estimate of drug-likeness (QED) is 0.623. The maximum absolute atomic E-state index is 13.5. The van der Waals surface area contributed by atoms with Crippen molar-refractivity contribution in [1.82, 2.24) is 9.97 Å². The van der Waals surface area contributed by atoms with E-state index < -0.39 is 15.8 Å². The van der Waals surface area contributed by atoms with Crippen molar-refractivity contribution < 1.29 is 12.8 Å². The van der Waals surface area contributed by atoms with Crippen molar-refractivity contribution in [3.8, 4) is 6.07 Å². The van der Waals surface area contributed by atoms with Gasteiger partial charge in [-0.05, 0) is 48.7 Å². The van der Waals surface area contributed by atoms with Crippen molar-refractivity contribution in [2.45, 2.75) is 12.8 Å². The minimum absolute atomic E-state index is 0.0669. The van der Waals surface area contributed by atoms with Crippen LogP contribution in [-0.4, -0.2) is 31.7 Å². The molecular weight excluding hydrogens is 405 g/mol. The van der Waals surface area contributed by atoms with Crippen LogP contribution in [0.3, 0.4) is 0 Å². The van der Waals surface area contributed by atoms with Gasteiger partial charge in [-0.1, -0.05) is 18.2 Å². The summed E-state index contributed by atoms with van der Waals surface area (Å²) in [5, 5.41) is 11.9. The number of nitrogens with one attached hydrogen (secondary N) is 1. The Morgan fingerprint density at radius 3 is 2.67 bits per heavy atom. The molecule has 0 unspecified atom stereocenters. The van der Waals surface area contributed by atoms with Gasteiger partial charge in [0.25, 0.3) is 0 Å². The van der Waals surface area contributed by atoms with Gasteiger partial charge in [0.2, 0.25) is 16.0 Å². The summed E-state index contributed by atoms with van der Waals surface area (Å²) in [7, 11) is -1.84. The Morgan fingerprint density at radius 1 is 1.17 bits per heavy atom. The minimum Gasteiger partial charge on any atom is -0.324 e. The van der Waals surface area contributed by atoms with Gasteiger partial charge in [0, 0.05) is 24.6 Å². The molecule has 0 atom stereocenters. The third-order valence-electron chi connectivity index (χ3n) is 4.54. The molecule has 7 nitrogen and oxygen atoms in total. The normalized spacial score (nSPS) is 11.0. The average molecular weight is 425 g/mol. The summed E-state index contributed by atoms with van der Waals surface area (Å²) < 4.78 is 38.5. The van der Waals surface area contributed by atoms with Crippen molar-refractivity contribution in [2.24, 2.45) is 0 Å². The molecule has 3 rings (SSSR count). The fourth-order valence-corrected chi connectivity index (χ4v) is 3.42. The molecule has 30 heavy (non-hydrogen) atoms. The molecule has 0 amide bonds. The van der Waals surface area contributed by atoms with Crippen LogP contribution in [0, 0.1) is 17.1 Å². The fourth-order valence-electron chi connectivity index (χ4n) is 2.88. The predicted octanol–water partition coefficient (Wildman–Crippen LogP) is 3.41. The highest BCUT2D eigenvalue weighted by atomic mass is 32.2. The number of nitriles is 1. The van der Waals surface area contributed by atoms with Gasteiger partial charge in [-0.15, -0.1) is 0 Å². The molecule has 0 spiro atoms. The van der Waals surface area contributed by atoms with E-state index in [2.05, 4.69) is 15.3 Å². The highest BCUT2D eigenvalue weighted by Gasteiger charge is 2.15. The van der Waals surface area contributed by atoms with Gasteiger partial charge in [0.15, 0.2) is 0 Å². The van der Waals surface area contributed by atoms with Crippen molar-refractivity contribution in [2.75, 3.05) is 22.9 Å². The molecule has 0 aliphatic carbocycles. The Morgan fingerprint density at radius 2 is 1.93 bits per heavy atom. The molecule has 0 radical (unpaired) electrons. The van der Waals surface area contributed by atoms with Gasteiger partial charge < -0.3 is 5.32 Å². The second-order valence-corrected chi connectivity index (χ2v) is 8.68. The number of hydrogen-bond acceptors (Lipinski definition) is 6. The van der Waals surface area contributed by atoms with Crippen molar-refractivity contribution >= 4 is 27.3 Å². The second-order valence-electron chi connectivity index (χ2n) is 6.66. The van der Waals surface area contributed by atoms with Crippen LogP contribution in [0.4, 0.5) is 21.7 Å². The molecule has 0 fully saturated rings. The van der Waals surface area contributed by atoms with E-state index in [0.29, 0.717) is 30.2 Å². The van der Waals surface area contributed by atoms with Gasteiger partial charge in [0.05, 0.1) is 17.5 Å². The maximum Gasteiger partial charge on any atom is 0.232 e. The predicted molar refractivity (Wildman–Crippen MR) is 114 cm³/mol. The molecule has 0 saturated carbocycles. The fraction of sp³-hybridized carbons (Fsp3) is 0.190. The lowest BCUT2D eigenvalue weighted by Crippen LogP contribution is -2.26. The molecule has 9 heteroatoms. The number of aryl methyl sites for hydroxylation is 2. The molecule has 3 aromatic rings. The molecule has 2 aromatic carbocycles. The third kappa shape index (κ3) is 5.10. The van der Waals surface area contributed by atoms with Gasteiger partial charge in [-0.2, -0.15) is 5.26 Å². The van der Waals surface area contributed by atoms with Gasteiger partial charge in [-0.25, -0.2) is 22.8 Å². The zero-order valence-electron chi connectivity index (χ0n) is 16.5. The number of halogens is 1. The first-order valence-corrected chi connectivity index (χ1v) is 10.9. The summed E-state index contributed by atoms with van der Waals surface area (Å²) in [4.78, 5) is 8.61. The van der Waals surface area contributed by atoms with E-state index >= 15 is 0 Å². The lowest BCUT2D eigenvalue weighted by atomic mass is 10.1. The minimum atomic E-state index is -3.36. The molecule has 0 bridgehead atoms. The monoisotopic (exact) mass is 425 g/mol. The Labute approximate surface area is 174 Å². The standard InChI is InChI=1S/C21H20FN5O2S/c1-27(30(2,28)29)20-6-4-3-5-15(20)7-8-17-11-12-24-21(25-17)26-18-9-10-19(22)16(13-18)14-23/h3-6,9-13H,7-8H2,1-2H3,(H,24,25,26). The molecule has 1 heterocycles. The number of anilines is 3. The van der Waals surface area contributed by atoms with Crippen molar-refractivity contribution in [1.29, 1.82) is 5.26 Å².